The van der Waals surface area contributed by atoms with E-state index in [0.717, 1.165) is 57.5 Å². The van der Waals surface area contributed by atoms with Gasteiger partial charge in [-0.15, -0.1) is 0 Å². The number of halogens is 2. The minimum atomic E-state index is 0.717. The number of nitrogens with two attached hydrogens (primary N) is 1. The molecule has 2 aromatic heterocycles. The molecule has 0 aliphatic carbocycles. The van der Waals surface area contributed by atoms with Crippen LogP contribution in [0, 0.1) is 0 Å². The van der Waals surface area contributed by atoms with Crippen LogP contribution in [0.5, 0.6) is 0 Å². The average Bonchev–Trinajstić information content (AvgIpc) is 2.88. The Labute approximate surface area is 143 Å². The lowest BCUT2D eigenvalue weighted by molar-refractivity contribution is 0.748. The maximum Gasteiger partial charge on any atom is 0.0658 e. The van der Waals surface area contributed by atoms with Gasteiger partial charge in [-0.25, -0.2) is 0 Å². The van der Waals surface area contributed by atoms with E-state index in [1.165, 1.54) is 5.56 Å². The van der Waals surface area contributed by atoms with Gasteiger partial charge < -0.3 is 10.7 Å². The van der Waals surface area contributed by atoms with E-state index >= 15 is 0 Å². The number of hydrogen-bond donors (Lipinski definition) is 2. The maximum atomic E-state index is 6.40. The smallest absolute Gasteiger partial charge is 0.0658 e. The summed E-state index contributed by atoms with van der Waals surface area (Å²) in [6, 6.07) is 8.04. The van der Waals surface area contributed by atoms with Crippen molar-refractivity contribution in [2.24, 2.45) is 5.73 Å². The molecule has 22 heavy (non-hydrogen) atoms. The van der Waals surface area contributed by atoms with Crippen molar-refractivity contribution in [2.75, 3.05) is 6.54 Å². The molecule has 0 aliphatic heterocycles. The highest BCUT2D eigenvalue weighted by Gasteiger charge is 2.15. The van der Waals surface area contributed by atoms with Crippen molar-refractivity contribution in [1.82, 2.24) is 9.97 Å². The third-order valence-corrected chi connectivity index (χ3v) is 4.52. The molecule has 1 aromatic carbocycles. The molecule has 0 radical (unpaired) electrons. The molecule has 3 N–H and O–H groups in total. The van der Waals surface area contributed by atoms with Crippen LogP contribution in [0.4, 0.5) is 0 Å². The summed E-state index contributed by atoms with van der Waals surface area (Å²) in [6.07, 6.45) is 6.69. The van der Waals surface area contributed by atoms with E-state index in [9.17, 15) is 0 Å². The minimum Gasteiger partial charge on any atom is -0.353 e. The van der Waals surface area contributed by atoms with Crippen LogP contribution in [0.25, 0.3) is 22.2 Å². The van der Waals surface area contributed by atoms with Crippen LogP contribution in [-0.2, 0) is 6.42 Å². The number of nitrogens with one attached hydrogen (secondary N) is 1. The molecule has 0 aliphatic rings. The molecule has 0 saturated carbocycles. The number of pyridine rings is 1. The van der Waals surface area contributed by atoms with Crippen LogP contribution in [0.3, 0.4) is 0 Å². The van der Waals surface area contributed by atoms with Gasteiger partial charge in [0, 0.05) is 27.8 Å². The van der Waals surface area contributed by atoms with Gasteiger partial charge >= 0.3 is 0 Å². The fraction of sp³-hybridized carbons (Fsp3) is 0.235. The molecular formula is C17H17BrClN3. The normalized spacial score (nSPS) is 11.2. The number of rotatable bonds is 5. The first-order valence-corrected chi connectivity index (χ1v) is 8.48. The summed E-state index contributed by atoms with van der Waals surface area (Å²) in [6.45, 7) is 0.717. The highest BCUT2D eigenvalue weighted by atomic mass is 79.9. The van der Waals surface area contributed by atoms with Gasteiger partial charge in [0.25, 0.3) is 0 Å². The highest BCUT2D eigenvalue weighted by Crippen LogP contribution is 2.36. The predicted octanol–water partition coefficient (Wildman–Crippen LogP) is 4.93. The summed E-state index contributed by atoms with van der Waals surface area (Å²) in [7, 11) is 0. The van der Waals surface area contributed by atoms with Gasteiger partial charge in [0.1, 0.15) is 0 Å². The molecule has 0 spiro atoms. The van der Waals surface area contributed by atoms with Gasteiger partial charge in [0.05, 0.1) is 16.2 Å². The first-order chi connectivity index (χ1) is 10.7. The van der Waals surface area contributed by atoms with Crippen LogP contribution >= 0.6 is 27.5 Å². The second-order valence-corrected chi connectivity index (χ2v) is 6.60. The second-order valence-electron chi connectivity index (χ2n) is 5.28. The SMILES string of the molecule is NCCCCc1c(-c2cccnc2)[nH]c2c(Cl)cc(Br)cc12. The molecule has 0 atom stereocenters. The number of benzene rings is 1. The summed E-state index contributed by atoms with van der Waals surface area (Å²) >= 11 is 9.93. The van der Waals surface area contributed by atoms with Crippen LogP contribution in [0.15, 0.2) is 41.1 Å². The van der Waals surface area contributed by atoms with Crippen molar-refractivity contribution in [3.63, 3.8) is 0 Å². The molecule has 0 bridgehead atoms. The molecule has 3 aromatic rings. The average molecular weight is 379 g/mol. The second kappa shape index (κ2) is 6.82. The zero-order valence-corrected chi connectivity index (χ0v) is 14.4. The monoisotopic (exact) mass is 377 g/mol. The van der Waals surface area contributed by atoms with Crippen LogP contribution in [-0.4, -0.2) is 16.5 Å². The van der Waals surface area contributed by atoms with Gasteiger partial charge in [0.2, 0.25) is 0 Å². The molecule has 3 nitrogen and oxygen atoms in total. The molecule has 0 saturated heterocycles. The lowest BCUT2D eigenvalue weighted by Gasteiger charge is -2.05. The van der Waals surface area contributed by atoms with Gasteiger partial charge in [-0.2, -0.15) is 0 Å². The molecule has 0 fully saturated rings. The lowest BCUT2D eigenvalue weighted by Crippen LogP contribution is -1.99. The number of unbranched alkanes of at least 4 members (excludes halogenated alkanes) is 1. The number of hydrogen-bond acceptors (Lipinski definition) is 2. The van der Waals surface area contributed by atoms with Crippen molar-refractivity contribution < 1.29 is 0 Å². The van der Waals surface area contributed by atoms with Crippen LogP contribution in [0.1, 0.15) is 18.4 Å². The van der Waals surface area contributed by atoms with Gasteiger partial charge in [0.15, 0.2) is 0 Å². The fourth-order valence-corrected chi connectivity index (χ4v) is 3.59. The molecule has 0 unspecified atom stereocenters. The zero-order chi connectivity index (χ0) is 15.5. The highest BCUT2D eigenvalue weighted by molar-refractivity contribution is 9.10. The van der Waals surface area contributed by atoms with E-state index in [4.69, 9.17) is 17.3 Å². The third kappa shape index (κ3) is 3.05. The van der Waals surface area contributed by atoms with E-state index in [0.29, 0.717) is 0 Å². The maximum absolute atomic E-state index is 6.40. The summed E-state index contributed by atoms with van der Waals surface area (Å²) in [5.74, 6) is 0. The van der Waals surface area contributed by atoms with Crippen molar-refractivity contribution in [3.05, 3.63) is 51.7 Å². The number of aryl methyl sites for hydroxylation is 1. The third-order valence-electron chi connectivity index (χ3n) is 3.76. The standard InChI is InChI=1S/C17H17BrClN3/c18-12-8-14-13(5-1-2-6-20)16(11-4-3-7-21-10-11)22-17(14)15(19)9-12/h3-4,7-10,22H,1-2,5-6,20H2. The van der Waals surface area contributed by atoms with Crippen molar-refractivity contribution in [2.45, 2.75) is 19.3 Å². The summed E-state index contributed by atoms with van der Waals surface area (Å²) in [5.41, 5.74) is 10.1. The van der Waals surface area contributed by atoms with Crippen molar-refractivity contribution >= 4 is 38.4 Å². The van der Waals surface area contributed by atoms with E-state index in [1.807, 2.05) is 18.3 Å². The quantitative estimate of drug-likeness (QED) is 0.619. The number of nitrogens with zero attached hydrogens (tertiary/aromatic N) is 1. The largest absolute Gasteiger partial charge is 0.353 e. The Kier molecular flexibility index (Phi) is 4.81. The van der Waals surface area contributed by atoms with Crippen LogP contribution < -0.4 is 5.73 Å². The molecule has 114 valence electrons. The van der Waals surface area contributed by atoms with Crippen LogP contribution in [0.2, 0.25) is 5.02 Å². The predicted molar refractivity (Wildman–Crippen MR) is 96.2 cm³/mol. The fourth-order valence-electron chi connectivity index (χ4n) is 2.74. The molecule has 3 rings (SSSR count). The molecule has 2 heterocycles. The molecular weight excluding hydrogens is 362 g/mol. The van der Waals surface area contributed by atoms with Gasteiger partial charge in [-0.3, -0.25) is 4.98 Å². The van der Waals surface area contributed by atoms with E-state index in [-0.39, 0.29) is 0 Å². The number of aromatic amines is 1. The van der Waals surface area contributed by atoms with Crippen molar-refractivity contribution in [3.8, 4) is 11.3 Å². The topological polar surface area (TPSA) is 54.7 Å². The Hall–Kier alpha value is -1.36. The Morgan fingerprint density at radius 1 is 1.27 bits per heavy atom. The first kappa shape index (κ1) is 15.5. The summed E-state index contributed by atoms with van der Waals surface area (Å²) < 4.78 is 0.988. The number of aromatic nitrogens is 2. The van der Waals surface area contributed by atoms with E-state index in [2.05, 4.69) is 38.0 Å². The van der Waals surface area contributed by atoms with E-state index in [1.54, 1.807) is 6.20 Å². The Morgan fingerprint density at radius 2 is 2.14 bits per heavy atom. The summed E-state index contributed by atoms with van der Waals surface area (Å²) in [5, 5.41) is 1.88. The Bertz CT molecular complexity index is 783. The number of H-pyrrole nitrogens is 1. The Balaban J connectivity index is 2.17. The van der Waals surface area contributed by atoms with Gasteiger partial charge in [-0.1, -0.05) is 27.5 Å². The van der Waals surface area contributed by atoms with Gasteiger partial charge in [-0.05, 0) is 55.6 Å². The first-order valence-electron chi connectivity index (χ1n) is 7.30. The summed E-state index contributed by atoms with van der Waals surface area (Å²) in [4.78, 5) is 7.71. The molecule has 5 heteroatoms. The Morgan fingerprint density at radius 3 is 2.86 bits per heavy atom. The van der Waals surface area contributed by atoms with Crippen molar-refractivity contribution in [1.29, 1.82) is 0 Å². The minimum absolute atomic E-state index is 0.717. The molecule has 0 amide bonds. The number of fused-ring (bicyclic) bond motifs is 1. The van der Waals surface area contributed by atoms with E-state index < -0.39 is 0 Å². The lowest BCUT2D eigenvalue weighted by atomic mass is 10.0. The zero-order valence-electron chi connectivity index (χ0n) is 12.1.